The minimum Gasteiger partial charge on any atom is -0.492 e. The standard InChI is InChI=1S/C23H26N2O4S/c1-17-7-6-10-21(15-17)25(30(3,27)28)18(2)23(26)24-13-14-29-22-12-11-19-8-4-5-9-20(19)16-22/h4-12,15-16,18H,13-14H2,1-3H3,(H,24,26)/t18-/m1/s1. The van der Waals surface area contributed by atoms with Gasteiger partial charge in [-0.2, -0.15) is 0 Å². The lowest BCUT2D eigenvalue weighted by molar-refractivity contribution is -0.121. The van der Waals surface area contributed by atoms with Gasteiger partial charge in [0.2, 0.25) is 15.9 Å². The van der Waals surface area contributed by atoms with Crippen LogP contribution in [0.5, 0.6) is 5.75 Å². The van der Waals surface area contributed by atoms with Gasteiger partial charge in [-0.05, 0) is 54.4 Å². The maximum absolute atomic E-state index is 12.6. The molecule has 3 aromatic rings. The lowest BCUT2D eigenvalue weighted by atomic mass is 10.1. The SMILES string of the molecule is Cc1cccc(N([C@H](C)C(=O)NCCOc2ccc3ccccc3c2)S(C)(=O)=O)c1. The van der Waals surface area contributed by atoms with E-state index in [1.165, 1.54) is 0 Å². The van der Waals surface area contributed by atoms with E-state index in [0.717, 1.165) is 26.9 Å². The van der Waals surface area contributed by atoms with Gasteiger partial charge in [-0.15, -0.1) is 0 Å². The zero-order chi connectivity index (χ0) is 21.7. The highest BCUT2D eigenvalue weighted by Gasteiger charge is 2.28. The number of fused-ring (bicyclic) bond motifs is 1. The molecule has 0 bridgehead atoms. The number of hydrogen-bond acceptors (Lipinski definition) is 4. The molecule has 0 fully saturated rings. The first-order chi connectivity index (χ1) is 14.3. The second-order valence-corrected chi connectivity index (χ2v) is 9.08. The van der Waals surface area contributed by atoms with Gasteiger partial charge in [0.1, 0.15) is 18.4 Å². The molecule has 0 aromatic heterocycles. The molecule has 30 heavy (non-hydrogen) atoms. The largest absolute Gasteiger partial charge is 0.492 e. The fraction of sp³-hybridized carbons (Fsp3) is 0.261. The molecular formula is C23H26N2O4S. The lowest BCUT2D eigenvalue weighted by Gasteiger charge is -2.28. The molecule has 0 heterocycles. The van der Waals surface area contributed by atoms with Gasteiger partial charge in [-0.1, -0.05) is 42.5 Å². The van der Waals surface area contributed by atoms with Gasteiger partial charge in [0.05, 0.1) is 18.5 Å². The van der Waals surface area contributed by atoms with Crippen LogP contribution in [0, 0.1) is 6.92 Å². The topological polar surface area (TPSA) is 75.7 Å². The summed E-state index contributed by atoms with van der Waals surface area (Å²) in [6.07, 6.45) is 1.10. The molecule has 0 aliphatic heterocycles. The Morgan fingerprint density at radius 3 is 2.47 bits per heavy atom. The van der Waals surface area contributed by atoms with E-state index in [1.807, 2.05) is 55.5 Å². The van der Waals surface area contributed by atoms with Crippen LogP contribution in [-0.4, -0.2) is 39.8 Å². The smallest absolute Gasteiger partial charge is 0.243 e. The molecule has 0 aliphatic carbocycles. The fourth-order valence-electron chi connectivity index (χ4n) is 3.32. The second-order valence-electron chi connectivity index (χ2n) is 7.22. The van der Waals surface area contributed by atoms with Gasteiger partial charge in [0.15, 0.2) is 0 Å². The number of sulfonamides is 1. The van der Waals surface area contributed by atoms with Crippen LogP contribution in [0.2, 0.25) is 0 Å². The average Bonchev–Trinajstić information content (AvgIpc) is 2.70. The molecule has 3 rings (SSSR count). The third kappa shape index (κ3) is 5.30. The normalized spacial score (nSPS) is 12.4. The number of rotatable bonds is 8. The number of nitrogens with one attached hydrogen (secondary N) is 1. The van der Waals surface area contributed by atoms with Crippen LogP contribution in [0.4, 0.5) is 5.69 Å². The van der Waals surface area contributed by atoms with Crippen molar-refractivity contribution in [2.45, 2.75) is 19.9 Å². The molecule has 0 spiro atoms. The average molecular weight is 427 g/mol. The Morgan fingerprint density at radius 1 is 1.03 bits per heavy atom. The van der Waals surface area contributed by atoms with E-state index in [2.05, 4.69) is 5.32 Å². The Bertz CT molecular complexity index is 1140. The van der Waals surface area contributed by atoms with Gasteiger partial charge < -0.3 is 10.1 Å². The minimum atomic E-state index is -3.63. The highest BCUT2D eigenvalue weighted by molar-refractivity contribution is 7.92. The van der Waals surface area contributed by atoms with Crippen molar-refractivity contribution in [2.24, 2.45) is 0 Å². The van der Waals surface area contributed by atoms with Gasteiger partial charge in [-0.3, -0.25) is 9.10 Å². The molecule has 0 saturated heterocycles. The molecular weight excluding hydrogens is 400 g/mol. The number of hydrogen-bond donors (Lipinski definition) is 1. The summed E-state index contributed by atoms with van der Waals surface area (Å²) in [5.74, 6) is 0.331. The van der Waals surface area contributed by atoms with E-state index >= 15 is 0 Å². The van der Waals surface area contributed by atoms with E-state index in [-0.39, 0.29) is 19.1 Å². The van der Waals surface area contributed by atoms with E-state index in [4.69, 9.17) is 4.74 Å². The Labute approximate surface area is 177 Å². The van der Waals surface area contributed by atoms with Crippen molar-refractivity contribution >= 4 is 32.4 Å². The third-order valence-corrected chi connectivity index (χ3v) is 5.98. The molecule has 3 aromatic carbocycles. The summed E-state index contributed by atoms with van der Waals surface area (Å²) in [5.41, 5.74) is 1.38. The third-order valence-electron chi connectivity index (χ3n) is 4.74. The summed E-state index contributed by atoms with van der Waals surface area (Å²) in [6.45, 7) is 3.99. The van der Waals surface area contributed by atoms with Gasteiger partial charge in [0.25, 0.3) is 0 Å². The zero-order valence-electron chi connectivity index (χ0n) is 17.3. The highest BCUT2D eigenvalue weighted by atomic mass is 32.2. The number of carbonyl (C=O) groups excluding carboxylic acids is 1. The van der Waals surface area contributed by atoms with Crippen molar-refractivity contribution in [3.8, 4) is 5.75 Å². The number of aryl methyl sites for hydroxylation is 1. The molecule has 1 amide bonds. The van der Waals surface area contributed by atoms with Crippen molar-refractivity contribution in [3.63, 3.8) is 0 Å². The molecule has 6 nitrogen and oxygen atoms in total. The van der Waals surface area contributed by atoms with Crippen molar-refractivity contribution in [1.82, 2.24) is 5.32 Å². The molecule has 1 atom stereocenters. The lowest BCUT2D eigenvalue weighted by Crippen LogP contribution is -2.48. The highest BCUT2D eigenvalue weighted by Crippen LogP contribution is 2.22. The van der Waals surface area contributed by atoms with Crippen molar-refractivity contribution in [2.75, 3.05) is 23.7 Å². The maximum Gasteiger partial charge on any atom is 0.243 e. The van der Waals surface area contributed by atoms with E-state index in [0.29, 0.717) is 11.4 Å². The summed E-state index contributed by atoms with van der Waals surface area (Å²) < 4.78 is 31.5. The van der Waals surface area contributed by atoms with E-state index in [9.17, 15) is 13.2 Å². The summed E-state index contributed by atoms with van der Waals surface area (Å²) in [6, 6.07) is 20.0. The van der Waals surface area contributed by atoms with Crippen LogP contribution >= 0.6 is 0 Å². The maximum atomic E-state index is 12.6. The Balaban J connectivity index is 1.59. The van der Waals surface area contributed by atoms with Gasteiger partial charge >= 0.3 is 0 Å². The van der Waals surface area contributed by atoms with Crippen molar-refractivity contribution in [1.29, 1.82) is 0 Å². The number of amides is 1. The number of benzene rings is 3. The van der Waals surface area contributed by atoms with Gasteiger partial charge in [-0.25, -0.2) is 8.42 Å². The van der Waals surface area contributed by atoms with Crippen LogP contribution < -0.4 is 14.4 Å². The summed E-state index contributed by atoms with van der Waals surface area (Å²) in [7, 11) is -3.63. The molecule has 7 heteroatoms. The molecule has 158 valence electrons. The molecule has 0 unspecified atom stereocenters. The van der Waals surface area contributed by atoms with Crippen LogP contribution in [0.15, 0.2) is 66.7 Å². The molecule has 0 aliphatic rings. The summed E-state index contributed by atoms with van der Waals surface area (Å²) >= 11 is 0. The first-order valence-corrected chi connectivity index (χ1v) is 11.6. The number of anilines is 1. The second kappa shape index (κ2) is 9.17. The molecule has 1 N–H and O–H groups in total. The van der Waals surface area contributed by atoms with Crippen LogP contribution in [0.25, 0.3) is 10.8 Å². The van der Waals surface area contributed by atoms with Gasteiger partial charge in [0, 0.05) is 0 Å². The number of nitrogens with zero attached hydrogens (tertiary/aromatic N) is 1. The van der Waals surface area contributed by atoms with Crippen molar-refractivity contribution < 1.29 is 17.9 Å². The Morgan fingerprint density at radius 2 is 1.77 bits per heavy atom. The van der Waals surface area contributed by atoms with E-state index in [1.54, 1.807) is 25.1 Å². The van der Waals surface area contributed by atoms with Crippen LogP contribution in [-0.2, 0) is 14.8 Å². The Hall–Kier alpha value is -3.06. The molecule has 0 radical (unpaired) electrons. The van der Waals surface area contributed by atoms with Crippen LogP contribution in [0.1, 0.15) is 12.5 Å². The monoisotopic (exact) mass is 426 g/mol. The van der Waals surface area contributed by atoms with Crippen LogP contribution in [0.3, 0.4) is 0 Å². The van der Waals surface area contributed by atoms with E-state index < -0.39 is 16.1 Å². The predicted octanol–water partition coefficient (Wildman–Crippen LogP) is 3.50. The quantitative estimate of drug-likeness (QED) is 0.560. The fourth-order valence-corrected chi connectivity index (χ4v) is 4.49. The van der Waals surface area contributed by atoms with Crippen molar-refractivity contribution in [3.05, 3.63) is 72.3 Å². The first kappa shape index (κ1) is 21.6. The summed E-state index contributed by atoms with van der Waals surface area (Å²) in [4.78, 5) is 12.6. The first-order valence-electron chi connectivity index (χ1n) is 9.71. The number of ether oxygens (including phenoxy) is 1. The Kier molecular flexibility index (Phi) is 6.62. The number of carbonyl (C=O) groups is 1. The zero-order valence-corrected chi connectivity index (χ0v) is 18.1. The minimum absolute atomic E-state index is 0.265. The predicted molar refractivity (Wildman–Crippen MR) is 120 cm³/mol. The molecule has 0 saturated carbocycles. The summed E-state index contributed by atoms with van der Waals surface area (Å²) in [5, 5.41) is 4.96.